The van der Waals surface area contributed by atoms with E-state index < -0.39 is 10.8 Å². The molecule has 0 saturated heterocycles. The quantitative estimate of drug-likeness (QED) is 0.133. The van der Waals surface area contributed by atoms with Crippen molar-refractivity contribution in [1.82, 2.24) is 24.9 Å². The maximum Gasteiger partial charge on any atom is 2.00 e. The zero-order valence-corrected chi connectivity index (χ0v) is 58.3. The second kappa shape index (κ2) is 22.8. The molecule has 0 saturated carbocycles. The first kappa shape index (κ1) is 62.0. The number of aryl methyl sites for hydroxylation is 4. The third-order valence-corrected chi connectivity index (χ3v) is 18.4. The number of hydrogen-bond acceptors (Lipinski definition) is 7. The van der Waals surface area contributed by atoms with Crippen molar-refractivity contribution in [2.24, 2.45) is 20.4 Å². The number of aliphatic imine (C=N–C) groups is 3. The molecule has 6 aliphatic rings. The number of hydrogen-bond donors (Lipinski definition) is 2. The molecule has 11 heteroatoms. The predicted molar refractivity (Wildman–Crippen MR) is 377 cm³/mol. The molecule has 0 amide bonds. The van der Waals surface area contributed by atoms with E-state index in [1.807, 2.05) is 94.5 Å². The van der Waals surface area contributed by atoms with E-state index in [1.54, 1.807) is 6.07 Å². The van der Waals surface area contributed by atoms with Crippen molar-refractivity contribution in [2.45, 2.75) is 113 Å². The molecule has 454 valence electrons. The van der Waals surface area contributed by atoms with E-state index in [-0.39, 0.29) is 41.9 Å². The molecule has 10 nitrogen and oxygen atoms in total. The molecule has 4 aromatic heterocycles. The molecule has 16 bridgehead atoms. The van der Waals surface area contributed by atoms with Gasteiger partial charge in [-0.2, -0.15) is 0 Å². The predicted octanol–water partition coefficient (Wildman–Crippen LogP) is 16.4. The number of aromatic nitrogens is 5. The van der Waals surface area contributed by atoms with Crippen LogP contribution in [-0.2, 0) is 35.7 Å². The Morgan fingerprint density at radius 2 is 1.10 bits per heavy atom. The van der Waals surface area contributed by atoms with Gasteiger partial charge in [0.05, 0.1) is 62.0 Å². The first-order chi connectivity index (χ1) is 43.7. The molecule has 8 aromatic rings. The van der Waals surface area contributed by atoms with E-state index in [4.69, 9.17) is 34.9 Å². The number of Topliss-reactive ketones (excluding diaryl/α,β-unsaturated/α-hetero) is 1. The number of aromatic amines is 1. The third kappa shape index (κ3) is 11.2. The Morgan fingerprint density at radius 3 is 1.73 bits per heavy atom. The van der Waals surface area contributed by atoms with Crippen LogP contribution >= 0.6 is 0 Å². The summed E-state index contributed by atoms with van der Waals surface area (Å²) in [5.41, 5.74) is 23.1. The Hall–Kier alpha value is -9.88. The van der Waals surface area contributed by atoms with Gasteiger partial charge in [0.2, 0.25) is 0 Å². The molecule has 0 spiro atoms. The monoisotopic (exact) mass is 1260 g/mol. The molecule has 14 rings (SSSR count). The number of allylic oxidation sites excluding steroid dienone is 8. The van der Waals surface area contributed by atoms with Crippen LogP contribution in [0, 0.1) is 45.0 Å². The van der Waals surface area contributed by atoms with E-state index in [9.17, 15) is 9.90 Å². The Labute approximate surface area is 556 Å². The maximum atomic E-state index is 14.2. The van der Waals surface area contributed by atoms with Crippen LogP contribution in [0.1, 0.15) is 147 Å². The zero-order chi connectivity index (χ0) is 64.5. The fourth-order valence-electron chi connectivity index (χ4n) is 13.2. The normalized spacial score (nSPS) is 16.3. The molecule has 0 unspecified atom stereocenters. The average Bonchev–Trinajstić information content (AvgIpc) is 1.28. The van der Waals surface area contributed by atoms with Gasteiger partial charge in [-0.15, -0.1) is 22.1 Å². The topological polar surface area (TPSA) is 144 Å². The number of nitrogens with zero attached hydrogens (tertiary/aromatic N) is 7. The van der Waals surface area contributed by atoms with Gasteiger partial charge in [0.1, 0.15) is 17.2 Å². The number of aliphatic hydroxyl groups is 1. The van der Waals surface area contributed by atoms with Crippen LogP contribution in [0.5, 0.6) is 0 Å². The van der Waals surface area contributed by atoms with Crippen molar-refractivity contribution < 1.29 is 29.4 Å². The molecule has 0 atom stereocenters. The summed E-state index contributed by atoms with van der Waals surface area (Å²) in [6, 6.07) is 43.8. The van der Waals surface area contributed by atoms with Crippen LogP contribution in [0.15, 0.2) is 195 Å². The number of nitrogens with one attached hydrogen (secondary N) is 1. The van der Waals surface area contributed by atoms with Crippen LogP contribution in [0.2, 0.25) is 0 Å². The molecule has 93 heavy (non-hydrogen) atoms. The van der Waals surface area contributed by atoms with Crippen molar-refractivity contribution >= 4 is 74.4 Å². The van der Waals surface area contributed by atoms with Gasteiger partial charge in [-0.1, -0.05) is 162 Å². The van der Waals surface area contributed by atoms with E-state index in [0.717, 1.165) is 112 Å². The summed E-state index contributed by atoms with van der Waals surface area (Å²) in [7, 11) is 0. The van der Waals surface area contributed by atoms with Crippen molar-refractivity contribution in [3.8, 4) is 34.1 Å². The van der Waals surface area contributed by atoms with Gasteiger partial charge in [0.15, 0.2) is 5.78 Å². The van der Waals surface area contributed by atoms with E-state index in [1.165, 1.54) is 16.7 Å². The minimum atomic E-state index is -0.953. The van der Waals surface area contributed by atoms with Gasteiger partial charge in [0.25, 0.3) is 0 Å². The first-order valence-electron chi connectivity index (χ1n) is 31.5. The molecular weight excluding hydrogens is 1190 g/mol. The third-order valence-electron chi connectivity index (χ3n) is 18.4. The Bertz CT molecular complexity index is 5220. The summed E-state index contributed by atoms with van der Waals surface area (Å²) in [6.07, 6.45) is 14.3. The molecule has 4 aromatic carbocycles. The van der Waals surface area contributed by atoms with Gasteiger partial charge in [-0.05, 0) is 195 Å². The summed E-state index contributed by atoms with van der Waals surface area (Å²) in [5.74, 6) is 7.15. The van der Waals surface area contributed by atoms with E-state index in [0.29, 0.717) is 50.6 Å². The molecule has 0 aliphatic carbocycles. The van der Waals surface area contributed by atoms with Gasteiger partial charge in [-0.25, -0.2) is 24.9 Å². The van der Waals surface area contributed by atoms with E-state index in [2.05, 4.69) is 183 Å². The number of ketones is 1. The number of carbonyl (C=O) groups excluding carboxylic acids is 1. The van der Waals surface area contributed by atoms with Crippen molar-refractivity contribution in [2.75, 3.05) is 0 Å². The molecule has 2 N–H and O–H groups in total. The average molecular weight is 1270 g/mol. The second-order valence-electron chi connectivity index (χ2n) is 28.2. The molecule has 10 heterocycles. The molecular formula is C82H72N8O2Zn. The maximum absolute atomic E-state index is 14.2. The summed E-state index contributed by atoms with van der Waals surface area (Å²) < 4.78 is 0. The number of rotatable bonds is 4. The van der Waals surface area contributed by atoms with Crippen molar-refractivity contribution in [1.29, 1.82) is 0 Å². The largest absolute Gasteiger partial charge is 2.00 e. The smallest absolute Gasteiger partial charge is 0.657 e. The minimum absolute atomic E-state index is 0. The number of fused-ring (bicyclic) bond motifs is 13. The van der Waals surface area contributed by atoms with Gasteiger partial charge in [-0.3, -0.25) is 4.79 Å². The second-order valence-corrected chi connectivity index (χ2v) is 28.2. The number of aliphatic hydroxyl groups excluding tert-OH is 1. The number of H-pyrrole nitrogens is 1. The standard InChI is InChI=1S/C82H73N8O2.Zn/c1-45-15-20-50(21-16-45)73-62-32-31-59(86-62)58(76-82(13,14)78(92)69(90-76)43-56-25-30-66(84-56)75(67-36-35-64(73)88-67)71-47(3)37-46(2)38-48(71)4)27-19-49-17-22-51(23-18-49)72-60-28-24-55(83-60)42-68-77(91)81(11,12)70(89-68)44-57-26-29-61(85-57)74(65-34-33-63(72)87-65)52-39-53(79(5,6)7)41-54(40-52)80(8,9)10;/h15-18,20-26,28-44H,1-14H3,(H3-,83,84,85,86,87,88,89,90,91,92);/q-1;+2/p-1. The van der Waals surface area contributed by atoms with Crippen LogP contribution in [-0.4, -0.2) is 43.0 Å². The molecule has 6 aliphatic heterocycles. The molecule has 0 radical (unpaired) electrons. The summed E-state index contributed by atoms with van der Waals surface area (Å²) >= 11 is 0. The van der Waals surface area contributed by atoms with Crippen molar-refractivity contribution in [3.05, 3.63) is 264 Å². The van der Waals surface area contributed by atoms with Gasteiger partial charge < -0.3 is 20.1 Å². The Kier molecular flexibility index (Phi) is 15.2. The van der Waals surface area contributed by atoms with E-state index >= 15 is 0 Å². The Morgan fingerprint density at radius 1 is 0.516 bits per heavy atom. The van der Waals surface area contributed by atoms with Crippen LogP contribution in [0.25, 0.3) is 73.7 Å². The van der Waals surface area contributed by atoms with Gasteiger partial charge in [0, 0.05) is 27.4 Å². The fourth-order valence-corrected chi connectivity index (χ4v) is 13.2. The fraction of sp³-hybridized carbons (Fsp3) is 0.220. The first-order valence-corrected chi connectivity index (χ1v) is 31.5. The molecule has 0 fully saturated rings. The Balaban J connectivity index is 0.00000787. The summed E-state index contributed by atoms with van der Waals surface area (Å²) in [6.45, 7) is 29.8. The SMILES string of the molecule is Cc1ccc(C2=C3C=CC(=N3)C(c3c(C)cc(C)cc3C)=c3ccc([nH]3)=CC3=C(O)C(C)(C)C(=N3)C(C#Cc3ccc(-c4c5nc(c(-c6cc(C(C)(C)C)cc(C(C)(C)C)c6)c6ccc(cc7nc(cc8ccc4[n-]8)C(=O)C7(C)C)[n-]6)C=C5)cc3)=C3C=CC2=N3)cc1.[Zn+2]. The van der Waals surface area contributed by atoms with Crippen LogP contribution < -0.4 is 20.7 Å². The van der Waals surface area contributed by atoms with Crippen LogP contribution in [0.3, 0.4) is 0 Å². The van der Waals surface area contributed by atoms with Crippen LogP contribution in [0.4, 0.5) is 0 Å². The minimum Gasteiger partial charge on any atom is -0.657 e. The summed E-state index contributed by atoms with van der Waals surface area (Å²) in [4.78, 5) is 55.0. The van der Waals surface area contributed by atoms with Crippen molar-refractivity contribution in [3.63, 3.8) is 0 Å². The summed E-state index contributed by atoms with van der Waals surface area (Å²) in [5, 5.41) is 14.0. The zero-order valence-electron chi connectivity index (χ0n) is 55.4. The van der Waals surface area contributed by atoms with Gasteiger partial charge >= 0.3 is 19.5 Å². The number of benzene rings is 4. The number of carbonyl (C=O) groups is 1.